The lowest BCUT2D eigenvalue weighted by Crippen LogP contribution is -2.31. The lowest BCUT2D eigenvalue weighted by molar-refractivity contribution is 0.258. The lowest BCUT2D eigenvalue weighted by atomic mass is 10.2. The summed E-state index contributed by atoms with van der Waals surface area (Å²) in [6.07, 6.45) is 0. The number of benzene rings is 2. The van der Waals surface area contributed by atoms with Crippen LogP contribution in [-0.4, -0.2) is 20.2 Å². The average Bonchev–Trinajstić information content (AvgIpc) is 2.47. The summed E-state index contributed by atoms with van der Waals surface area (Å²) in [5.41, 5.74) is 7.67. The molecule has 5 nitrogen and oxygen atoms in total. The Morgan fingerprint density at radius 3 is 2.50 bits per heavy atom. The second kappa shape index (κ2) is 5.97. The van der Waals surface area contributed by atoms with Crippen molar-refractivity contribution in [2.45, 2.75) is 0 Å². The van der Waals surface area contributed by atoms with Crippen LogP contribution < -0.4 is 20.7 Å². The number of ether oxygens (including phenoxy) is 1. The van der Waals surface area contributed by atoms with Gasteiger partial charge in [-0.25, -0.2) is 4.79 Å². The zero-order chi connectivity index (χ0) is 14.5. The Morgan fingerprint density at radius 2 is 1.80 bits per heavy atom. The fourth-order valence-electron chi connectivity index (χ4n) is 1.85. The molecule has 0 saturated carbocycles. The number of rotatable bonds is 3. The van der Waals surface area contributed by atoms with Gasteiger partial charge in [0.1, 0.15) is 5.75 Å². The number of nitrogens with two attached hydrogens (primary N) is 1. The van der Waals surface area contributed by atoms with E-state index in [0.717, 1.165) is 0 Å². The van der Waals surface area contributed by atoms with Crippen molar-refractivity contribution in [3.05, 3.63) is 48.5 Å². The van der Waals surface area contributed by atoms with Gasteiger partial charge in [0, 0.05) is 7.05 Å². The number of hydrogen-bond acceptors (Lipinski definition) is 3. The van der Waals surface area contributed by atoms with Crippen LogP contribution >= 0.6 is 0 Å². The van der Waals surface area contributed by atoms with E-state index in [1.807, 2.05) is 24.3 Å². The molecule has 5 heteroatoms. The van der Waals surface area contributed by atoms with Crippen molar-refractivity contribution >= 4 is 23.1 Å². The number of nitrogens with one attached hydrogen (secondary N) is 1. The van der Waals surface area contributed by atoms with E-state index in [2.05, 4.69) is 5.32 Å². The highest BCUT2D eigenvalue weighted by Gasteiger charge is 2.14. The van der Waals surface area contributed by atoms with Gasteiger partial charge in [-0.1, -0.05) is 24.3 Å². The van der Waals surface area contributed by atoms with E-state index in [1.165, 1.54) is 4.90 Å². The predicted molar refractivity (Wildman–Crippen MR) is 81.3 cm³/mol. The molecular formula is C15H17N3O2. The minimum atomic E-state index is -0.285. The largest absolute Gasteiger partial charge is 0.495 e. The zero-order valence-corrected chi connectivity index (χ0v) is 11.5. The minimum absolute atomic E-state index is 0.285. The van der Waals surface area contributed by atoms with Gasteiger partial charge in [-0.15, -0.1) is 0 Å². The number of carbonyl (C=O) groups excluding carboxylic acids is 1. The Kier molecular flexibility index (Phi) is 4.10. The second-order valence-electron chi connectivity index (χ2n) is 4.25. The van der Waals surface area contributed by atoms with E-state index < -0.39 is 0 Å². The fraction of sp³-hybridized carbons (Fsp3) is 0.133. The molecule has 0 bridgehead atoms. The fourth-order valence-corrected chi connectivity index (χ4v) is 1.85. The second-order valence-corrected chi connectivity index (χ2v) is 4.25. The Bertz CT molecular complexity index is 614. The molecule has 0 saturated heterocycles. The molecule has 0 unspecified atom stereocenters. The van der Waals surface area contributed by atoms with Gasteiger partial charge in [-0.2, -0.15) is 0 Å². The van der Waals surface area contributed by atoms with Gasteiger partial charge < -0.3 is 15.8 Å². The molecule has 2 rings (SSSR count). The van der Waals surface area contributed by atoms with Gasteiger partial charge in [-0.3, -0.25) is 4.90 Å². The van der Waals surface area contributed by atoms with Crippen LogP contribution in [0.2, 0.25) is 0 Å². The van der Waals surface area contributed by atoms with Crippen molar-refractivity contribution in [2.24, 2.45) is 0 Å². The van der Waals surface area contributed by atoms with Gasteiger partial charge in [0.2, 0.25) is 0 Å². The summed E-state index contributed by atoms with van der Waals surface area (Å²) >= 11 is 0. The van der Waals surface area contributed by atoms with Crippen molar-refractivity contribution < 1.29 is 9.53 Å². The van der Waals surface area contributed by atoms with Gasteiger partial charge in [0.25, 0.3) is 0 Å². The first-order valence-electron chi connectivity index (χ1n) is 6.15. The predicted octanol–water partition coefficient (Wildman–Crippen LogP) is 2.95. The lowest BCUT2D eigenvalue weighted by Gasteiger charge is -2.20. The number of anilines is 3. The van der Waals surface area contributed by atoms with Crippen molar-refractivity contribution in [1.82, 2.24) is 0 Å². The molecule has 0 aromatic heterocycles. The van der Waals surface area contributed by atoms with Crippen molar-refractivity contribution in [3.63, 3.8) is 0 Å². The van der Waals surface area contributed by atoms with E-state index in [4.69, 9.17) is 10.5 Å². The highest BCUT2D eigenvalue weighted by molar-refractivity contribution is 6.03. The van der Waals surface area contributed by atoms with E-state index in [-0.39, 0.29) is 6.03 Å². The third-order valence-electron chi connectivity index (χ3n) is 2.95. The van der Waals surface area contributed by atoms with E-state index in [0.29, 0.717) is 22.8 Å². The summed E-state index contributed by atoms with van der Waals surface area (Å²) in [4.78, 5) is 13.7. The SMILES string of the molecule is COc1ccccc1NC(=O)N(C)c1ccccc1N. The van der Waals surface area contributed by atoms with Crippen molar-refractivity contribution in [3.8, 4) is 5.75 Å². The normalized spacial score (nSPS) is 9.90. The Labute approximate surface area is 118 Å². The molecule has 2 aromatic carbocycles. The van der Waals surface area contributed by atoms with Gasteiger partial charge >= 0.3 is 6.03 Å². The Hall–Kier alpha value is -2.69. The zero-order valence-electron chi connectivity index (χ0n) is 11.5. The number of nitrogens with zero attached hydrogens (tertiary/aromatic N) is 1. The molecule has 0 radical (unpaired) electrons. The molecule has 0 heterocycles. The molecule has 20 heavy (non-hydrogen) atoms. The van der Waals surface area contributed by atoms with Crippen LogP contribution in [0.25, 0.3) is 0 Å². The molecule has 0 aliphatic carbocycles. The molecule has 3 N–H and O–H groups in total. The maximum absolute atomic E-state index is 12.2. The van der Waals surface area contributed by atoms with Gasteiger partial charge in [0.15, 0.2) is 0 Å². The van der Waals surface area contributed by atoms with Crippen molar-refractivity contribution in [2.75, 3.05) is 30.1 Å². The standard InChI is InChI=1S/C15H17N3O2/c1-18(13-9-5-3-7-11(13)16)15(19)17-12-8-4-6-10-14(12)20-2/h3-10H,16H2,1-2H3,(H,17,19). The first-order valence-corrected chi connectivity index (χ1v) is 6.15. The molecule has 0 fully saturated rings. The van der Waals surface area contributed by atoms with E-state index in [1.54, 1.807) is 38.4 Å². The molecule has 2 aromatic rings. The number of urea groups is 1. The molecule has 2 amide bonds. The van der Waals surface area contributed by atoms with Gasteiger partial charge in [-0.05, 0) is 24.3 Å². The van der Waals surface area contributed by atoms with Crippen LogP contribution in [0.4, 0.5) is 21.9 Å². The topological polar surface area (TPSA) is 67.6 Å². The third kappa shape index (κ3) is 2.83. The number of amides is 2. The van der Waals surface area contributed by atoms with Crippen LogP contribution in [0.3, 0.4) is 0 Å². The monoisotopic (exact) mass is 271 g/mol. The van der Waals surface area contributed by atoms with Crippen LogP contribution in [0.1, 0.15) is 0 Å². The molecule has 0 aliphatic heterocycles. The maximum Gasteiger partial charge on any atom is 0.326 e. The number of nitrogen functional groups attached to an aromatic ring is 1. The summed E-state index contributed by atoms with van der Waals surface area (Å²) in [6, 6.07) is 14.1. The smallest absolute Gasteiger partial charge is 0.326 e. The Balaban J connectivity index is 2.18. The number of hydrogen-bond donors (Lipinski definition) is 2. The quantitative estimate of drug-likeness (QED) is 0.843. The summed E-state index contributed by atoms with van der Waals surface area (Å²) in [5, 5.41) is 2.79. The summed E-state index contributed by atoms with van der Waals surface area (Å²) in [5.74, 6) is 0.607. The first kappa shape index (κ1) is 13.7. The highest BCUT2D eigenvalue weighted by Crippen LogP contribution is 2.25. The molecule has 0 atom stereocenters. The minimum Gasteiger partial charge on any atom is -0.495 e. The van der Waals surface area contributed by atoms with Crippen molar-refractivity contribution in [1.29, 1.82) is 0 Å². The Morgan fingerprint density at radius 1 is 1.15 bits per heavy atom. The first-order chi connectivity index (χ1) is 9.63. The summed E-state index contributed by atoms with van der Waals surface area (Å²) in [6.45, 7) is 0. The van der Waals surface area contributed by atoms with E-state index in [9.17, 15) is 4.79 Å². The number of para-hydroxylation sites is 4. The van der Waals surface area contributed by atoms with Gasteiger partial charge in [0.05, 0.1) is 24.2 Å². The molecule has 0 aliphatic rings. The summed E-state index contributed by atoms with van der Waals surface area (Å²) in [7, 11) is 3.22. The van der Waals surface area contributed by atoms with Crippen LogP contribution in [-0.2, 0) is 0 Å². The third-order valence-corrected chi connectivity index (χ3v) is 2.95. The molecule has 0 spiro atoms. The average molecular weight is 271 g/mol. The molecular weight excluding hydrogens is 254 g/mol. The molecule has 104 valence electrons. The van der Waals surface area contributed by atoms with Crippen LogP contribution in [0.15, 0.2) is 48.5 Å². The van der Waals surface area contributed by atoms with Crippen LogP contribution in [0.5, 0.6) is 5.75 Å². The number of carbonyl (C=O) groups is 1. The van der Waals surface area contributed by atoms with E-state index >= 15 is 0 Å². The highest BCUT2D eigenvalue weighted by atomic mass is 16.5. The maximum atomic E-state index is 12.2. The summed E-state index contributed by atoms with van der Waals surface area (Å²) < 4.78 is 5.20. The number of methoxy groups -OCH3 is 1. The van der Waals surface area contributed by atoms with Crippen LogP contribution in [0, 0.1) is 0 Å².